The fraction of sp³-hybridized carbons (Fsp3) is 0.500. The van der Waals surface area contributed by atoms with Crippen molar-refractivity contribution >= 4 is 11.3 Å². The van der Waals surface area contributed by atoms with Gasteiger partial charge in [-0.15, -0.1) is 11.3 Å². The van der Waals surface area contributed by atoms with E-state index in [0.717, 1.165) is 24.7 Å². The first kappa shape index (κ1) is 16.2. The highest BCUT2D eigenvalue weighted by molar-refractivity contribution is 7.09. The van der Waals surface area contributed by atoms with Crippen molar-refractivity contribution in [3.63, 3.8) is 0 Å². The third kappa shape index (κ3) is 4.65. The Bertz CT molecular complexity index is 523. The molecular weight excluding hydrogens is 276 g/mol. The lowest BCUT2D eigenvalue weighted by Gasteiger charge is -2.24. The van der Waals surface area contributed by atoms with Crippen LogP contribution in [0.1, 0.15) is 32.7 Å². The van der Waals surface area contributed by atoms with Crippen molar-refractivity contribution in [1.29, 1.82) is 0 Å². The lowest BCUT2D eigenvalue weighted by molar-refractivity contribution is 0.275. The maximum atomic E-state index is 4.72. The first-order chi connectivity index (χ1) is 10.1. The molecule has 3 heteroatoms. The molecule has 0 aliphatic carbocycles. The minimum atomic E-state index is 0.716. The molecule has 1 aromatic carbocycles. The molecule has 2 aromatic rings. The highest BCUT2D eigenvalue weighted by Crippen LogP contribution is 2.22. The van der Waals surface area contributed by atoms with E-state index in [1.165, 1.54) is 10.6 Å². The van der Waals surface area contributed by atoms with Gasteiger partial charge in [-0.25, -0.2) is 4.98 Å². The smallest absolute Gasteiger partial charge is 0.107 e. The van der Waals surface area contributed by atoms with Gasteiger partial charge in [0.15, 0.2) is 0 Å². The highest BCUT2D eigenvalue weighted by Gasteiger charge is 2.16. The molecule has 0 spiro atoms. The predicted octanol–water partition coefficient (Wildman–Crippen LogP) is 4.83. The van der Waals surface area contributed by atoms with Gasteiger partial charge in [-0.05, 0) is 24.3 Å². The summed E-state index contributed by atoms with van der Waals surface area (Å²) in [7, 11) is 0. The van der Waals surface area contributed by atoms with Gasteiger partial charge in [-0.3, -0.25) is 0 Å². The standard InChI is InChI=1S/C18H26N2S/c1-13(2)16(14(3)4)10-19-11-18-20-17(12-21-18)15-8-6-5-7-9-15/h5-9,12-14,16,19H,10-11H2,1-4H3. The SMILES string of the molecule is CC(C)C(CNCc1nc(-c2ccccc2)cs1)C(C)C. The Balaban J connectivity index is 1.89. The van der Waals surface area contributed by atoms with Crippen LogP contribution in [-0.4, -0.2) is 11.5 Å². The Morgan fingerprint density at radius 3 is 2.33 bits per heavy atom. The van der Waals surface area contributed by atoms with Crippen LogP contribution in [0.25, 0.3) is 11.3 Å². The van der Waals surface area contributed by atoms with Crippen LogP contribution in [0.15, 0.2) is 35.7 Å². The van der Waals surface area contributed by atoms with Gasteiger partial charge in [0, 0.05) is 17.5 Å². The first-order valence-electron chi connectivity index (χ1n) is 7.78. The van der Waals surface area contributed by atoms with Gasteiger partial charge < -0.3 is 5.32 Å². The molecule has 0 atom stereocenters. The second-order valence-corrected chi connectivity index (χ2v) is 7.22. The van der Waals surface area contributed by atoms with E-state index >= 15 is 0 Å². The largest absolute Gasteiger partial charge is 0.310 e. The number of nitrogens with zero attached hydrogens (tertiary/aromatic N) is 1. The maximum absolute atomic E-state index is 4.72. The summed E-state index contributed by atoms with van der Waals surface area (Å²) in [6.07, 6.45) is 0. The third-order valence-corrected chi connectivity index (χ3v) is 4.84. The Hall–Kier alpha value is -1.19. The Morgan fingerprint density at radius 1 is 1.05 bits per heavy atom. The molecular formula is C18H26N2S. The number of nitrogens with one attached hydrogen (secondary N) is 1. The van der Waals surface area contributed by atoms with Crippen LogP contribution < -0.4 is 5.32 Å². The van der Waals surface area contributed by atoms with Crippen LogP contribution in [0.5, 0.6) is 0 Å². The predicted molar refractivity (Wildman–Crippen MR) is 92.4 cm³/mol. The van der Waals surface area contributed by atoms with Gasteiger partial charge in [0.2, 0.25) is 0 Å². The monoisotopic (exact) mass is 302 g/mol. The van der Waals surface area contributed by atoms with E-state index in [0.29, 0.717) is 11.8 Å². The van der Waals surface area contributed by atoms with Gasteiger partial charge in [0.25, 0.3) is 0 Å². The van der Waals surface area contributed by atoms with Gasteiger partial charge in [0.1, 0.15) is 5.01 Å². The molecule has 0 bridgehead atoms. The van der Waals surface area contributed by atoms with E-state index < -0.39 is 0 Å². The van der Waals surface area contributed by atoms with E-state index in [9.17, 15) is 0 Å². The van der Waals surface area contributed by atoms with Gasteiger partial charge >= 0.3 is 0 Å². The topological polar surface area (TPSA) is 24.9 Å². The van der Waals surface area contributed by atoms with Crippen molar-refractivity contribution in [2.45, 2.75) is 34.2 Å². The van der Waals surface area contributed by atoms with Gasteiger partial charge in [-0.1, -0.05) is 58.0 Å². The minimum absolute atomic E-state index is 0.716. The van der Waals surface area contributed by atoms with Crippen LogP contribution in [-0.2, 0) is 6.54 Å². The van der Waals surface area contributed by atoms with E-state index in [-0.39, 0.29) is 0 Å². The zero-order chi connectivity index (χ0) is 15.2. The van der Waals surface area contributed by atoms with Gasteiger partial charge in [-0.2, -0.15) is 0 Å². The third-order valence-electron chi connectivity index (χ3n) is 3.99. The Kier molecular flexibility index (Phi) is 5.95. The summed E-state index contributed by atoms with van der Waals surface area (Å²) in [5, 5.41) is 6.89. The summed E-state index contributed by atoms with van der Waals surface area (Å²) in [5.74, 6) is 2.15. The summed E-state index contributed by atoms with van der Waals surface area (Å²) in [6, 6.07) is 10.4. The number of rotatable bonds is 7. The fourth-order valence-electron chi connectivity index (χ4n) is 2.72. The quantitative estimate of drug-likeness (QED) is 0.792. The molecule has 0 saturated heterocycles. The molecule has 2 nitrogen and oxygen atoms in total. The van der Waals surface area contributed by atoms with Crippen molar-refractivity contribution in [1.82, 2.24) is 10.3 Å². The van der Waals surface area contributed by atoms with E-state index in [1.807, 2.05) is 6.07 Å². The second kappa shape index (κ2) is 7.71. The van der Waals surface area contributed by atoms with E-state index in [1.54, 1.807) is 11.3 Å². The molecule has 0 unspecified atom stereocenters. The van der Waals surface area contributed by atoms with E-state index in [4.69, 9.17) is 4.98 Å². The number of hydrogen-bond donors (Lipinski definition) is 1. The molecule has 114 valence electrons. The van der Waals surface area contributed by atoms with E-state index in [2.05, 4.69) is 62.7 Å². The number of hydrogen-bond acceptors (Lipinski definition) is 3. The highest BCUT2D eigenvalue weighted by atomic mass is 32.1. The molecule has 0 radical (unpaired) electrons. The summed E-state index contributed by atoms with van der Waals surface area (Å²) < 4.78 is 0. The van der Waals surface area contributed by atoms with Crippen LogP contribution in [0.4, 0.5) is 0 Å². The first-order valence-corrected chi connectivity index (χ1v) is 8.66. The molecule has 0 amide bonds. The van der Waals surface area contributed by atoms with Crippen LogP contribution in [0.2, 0.25) is 0 Å². The van der Waals surface area contributed by atoms with Crippen LogP contribution in [0.3, 0.4) is 0 Å². The Labute approximate surface area is 132 Å². The number of aromatic nitrogens is 1. The molecule has 1 N–H and O–H groups in total. The molecule has 2 rings (SSSR count). The summed E-state index contributed by atoms with van der Waals surface area (Å²) in [5.41, 5.74) is 2.28. The number of thiazole rings is 1. The van der Waals surface area contributed by atoms with Crippen molar-refractivity contribution in [2.24, 2.45) is 17.8 Å². The zero-order valence-corrected chi connectivity index (χ0v) is 14.3. The van der Waals surface area contributed by atoms with Crippen molar-refractivity contribution in [3.05, 3.63) is 40.7 Å². The molecule has 0 aliphatic rings. The average Bonchev–Trinajstić information content (AvgIpc) is 2.92. The average molecular weight is 302 g/mol. The Morgan fingerprint density at radius 2 is 1.71 bits per heavy atom. The molecule has 0 saturated carbocycles. The lowest BCUT2D eigenvalue weighted by atomic mass is 9.85. The zero-order valence-electron chi connectivity index (χ0n) is 13.5. The van der Waals surface area contributed by atoms with Crippen LogP contribution >= 0.6 is 11.3 Å². The fourth-order valence-corrected chi connectivity index (χ4v) is 3.49. The molecule has 0 aliphatic heterocycles. The van der Waals surface area contributed by atoms with Gasteiger partial charge in [0.05, 0.1) is 5.69 Å². The second-order valence-electron chi connectivity index (χ2n) is 6.28. The molecule has 1 heterocycles. The summed E-state index contributed by atoms with van der Waals surface area (Å²) >= 11 is 1.74. The molecule has 0 fully saturated rings. The molecule has 1 aromatic heterocycles. The van der Waals surface area contributed by atoms with Crippen molar-refractivity contribution < 1.29 is 0 Å². The molecule has 21 heavy (non-hydrogen) atoms. The van der Waals surface area contributed by atoms with Crippen molar-refractivity contribution in [3.8, 4) is 11.3 Å². The van der Waals surface area contributed by atoms with Crippen LogP contribution in [0, 0.1) is 17.8 Å². The summed E-state index contributed by atoms with van der Waals surface area (Å²) in [6.45, 7) is 11.2. The minimum Gasteiger partial charge on any atom is -0.310 e. The summed E-state index contributed by atoms with van der Waals surface area (Å²) in [4.78, 5) is 4.72. The normalized spacial score (nSPS) is 11.8. The number of benzene rings is 1. The van der Waals surface area contributed by atoms with Crippen molar-refractivity contribution in [2.75, 3.05) is 6.54 Å². The maximum Gasteiger partial charge on any atom is 0.107 e. The lowest BCUT2D eigenvalue weighted by Crippen LogP contribution is -2.29.